The highest BCUT2D eigenvalue weighted by Crippen LogP contribution is 2.44. The molecule has 0 saturated carbocycles. The first-order valence-corrected chi connectivity index (χ1v) is 17.7. The molecule has 16 heteroatoms. The van der Waals surface area contributed by atoms with Crippen molar-refractivity contribution in [1.82, 2.24) is 0 Å². The van der Waals surface area contributed by atoms with Crippen molar-refractivity contribution in [3.05, 3.63) is 155 Å². The number of fused-ring (bicyclic) bond motifs is 3. The van der Waals surface area contributed by atoms with Crippen molar-refractivity contribution in [3.63, 3.8) is 0 Å². The summed E-state index contributed by atoms with van der Waals surface area (Å²) in [5.41, 5.74) is 1.77. The van der Waals surface area contributed by atoms with E-state index in [1.165, 1.54) is 29.4 Å². The van der Waals surface area contributed by atoms with E-state index in [1.807, 2.05) is 60.7 Å². The van der Waals surface area contributed by atoms with Gasteiger partial charge in [-0.05, 0) is 64.2 Å². The van der Waals surface area contributed by atoms with Crippen LogP contribution in [0.15, 0.2) is 133 Å². The van der Waals surface area contributed by atoms with Crippen LogP contribution in [0.4, 0.5) is 24.0 Å². The topological polar surface area (TPSA) is 132 Å². The maximum atomic E-state index is 10.8. The molecule has 5 aromatic carbocycles. The summed E-state index contributed by atoms with van der Waals surface area (Å²) in [7, 11) is 1.22. The lowest BCUT2D eigenvalue weighted by Crippen LogP contribution is -2.07. The van der Waals surface area contributed by atoms with Crippen LogP contribution in [-0.2, 0) is 20.8 Å². The molecule has 6 rings (SSSR count). The molecule has 0 heterocycles. The summed E-state index contributed by atoms with van der Waals surface area (Å²) >= 11 is 30.3. The second kappa shape index (κ2) is 26.1. The Bertz CT molecular complexity index is 1920. The standard InChI is InChI=1S/C15H11ClO2.C8H7ClO2.C7H4Cl2O2.C7H5ClO2.C2H3ClO2/c16-15(17)18-9-14-12-7-3-1-5-10(12)11-6-2-4-8-13(11)14;9-8(10)11-6-7-4-2-1-3-5-7;8-5-1-3-6(4-2-5)11-7(9)10;8-7(9)10-6-4-2-1-3-5-6;1-5-2(3)4/h1-8,14H,9H2;1-5H,6H2;1-4H;1-5H;1H3. The maximum absolute atomic E-state index is 10.8. The number of carbonyl (C=O) groups excluding carboxylic acids is 5. The monoisotopic (exact) mass is 868 g/mol. The zero-order chi connectivity index (χ0) is 40.6. The van der Waals surface area contributed by atoms with E-state index in [2.05, 4.69) is 54.8 Å². The van der Waals surface area contributed by atoms with E-state index in [4.69, 9.17) is 62.7 Å². The highest BCUT2D eigenvalue weighted by Gasteiger charge is 2.28. The number of para-hydroxylation sites is 1. The minimum atomic E-state index is -0.854. The van der Waals surface area contributed by atoms with Crippen molar-refractivity contribution < 1.29 is 47.7 Å². The molecule has 0 radical (unpaired) electrons. The number of ether oxygens (including phenoxy) is 5. The van der Waals surface area contributed by atoms with Gasteiger partial charge in [-0.3, -0.25) is 0 Å². The number of rotatable bonds is 6. The molecule has 10 nitrogen and oxygen atoms in total. The summed E-state index contributed by atoms with van der Waals surface area (Å²) < 4.78 is 22.5. The van der Waals surface area contributed by atoms with Crippen LogP contribution in [-0.4, -0.2) is 40.9 Å². The average Bonchev–Trinajstić information content (AvgIpc) is 3.49. The predicted octanol–water partition coefficient (Wildman–Crippen LogP) is 13.2. The average molecular weight is 871 g/mol. The van der Waals surface area contributed by atoms with E-state index in [1.54, 1.807) is 48.5 Å². The van der Waals surface area contributed by atoms with Gasteiger partial charge in [-0.1, -0.05) is 109 Å². The molecule has 0 bridgehead atoms. The van der Waals surface area contributed by atoms with Crippen molar-refractivity contribution in [2.45, 2.75) is 12.5 Å². The first-order chi connectivity index (χ1) is 26.3. The van der Waals surface area contributed by atoms with Crippen molar-refractivity contribution >= 4 is 96.7 Å². The molecule has 0 aromatic heterocycles. The Morgan fingerprint density at radius 3 is 1.31 bits per heavy atom. The second-order valence-electron chi connectivity index (χ2n) is 10.2. The van der Waals surface area contributed by atoms with Crippen molar-refractivity contribution in [3.8, 4) is 22.6 Å². The Hall–Kier alpha value is -4.81. The first-order valence-electron chi connectivity index (χ1n) is 15.5. The van der Waals surface area contributed by atoms with Crippen LogP contribution in [0.2, 0.25) is 5.02 Å². The van der Waals surface area contributed by atoms with Gasteiger partial charge < -0.3 is 23.7 Å². The number of hydrogen-bond donors (Lipinski definition) is 0. The Balaban J connectivity index is 0.000000251. The van der Waals surface area contributed by atoms with Crippen molar-refractivity contribution in [2.75, 3.05) is 13.7 Å². The normalized spacial score (nSPS) is 10.2. The number of benzene rings is 5. The molecule has 0 saturated heterocycles. The third-order valence-corrected chi connectivity index (χ3v) is 7.41. The van der Waals surface area contributed by atoms with E-state index in [0.717, 1.165) is 5.56 Å². The Morgan fingerprint density at radius 1 is 0.491 bits per heavy atom. The van der Waals surface area contributed by atoms with Crippen LogP contribution in [0.3, 0.4) is 0 Å². The fourth-order valence-corrected chi connectivity index (χ4v) is 4.90. The minimum Gasteiger partial charge on any atom is -0.457 e. The second-order valence-corrected chi connectivity index (χ2v) is 12.2. The summed E-state index contributed by atoms with van der Waals surface area (Å²) in [6.07, 6.45) is 0. The van der Waals surface area contributed by atoms with E-state index < -0.39 is 27.1 Å². The fraction of sp³-hybridized carbons (Fsp3) is 0.103. The number of hydrogen-bond acceptors (Lipinski definition) is 10. The van der Waals surface area contributed by atoms with Crippen molar-refractivity contribution in [2.24, 2.45) is 0 Å². The van der Waals surface area contributed by atoms with Crippen LogP contribution in [0.1, 0.15) is 22.6 Å². The molecule has 5 aromatic rings. The third kappa shape index (κ3) is 19.4. The molecule has 0 aliphatic heterocycles. The highest BCUT2D eigenvalue weighted by atomic mass is 35.5. The summed E-state index contributed by atoms with van der Waals surface area (Å²) in [5, 5.41) is 0.583. The molecular weight excluding hydrogens is 841 g/mol. The Kier molecular flexibility index (Phi) is 22.0. The van der Waals surface area contributed by atoms with Gasteiger partial charge in [0.2, 0.25) is 0 Å². The highest BCUT2D eigenvalue weighted by molar-refractivity contribution is 6.62. The molecule has 0 amide bonds. The Morgan fingerprint density at radius 2 is 0.891 bits per heavy atom. The van der Waals surface area contributed by atoms with Crippen LogP contribution in [0.25, 0.3) is 11.1 Å². The summed E-state index contributed by atoms with van der Waals surface area (Å²) in [6, 6.07) is 40.7. The third-order valence-electron chi connectivity index (χ3n) is 6.63. The largest absolute Gasteiger partial charge is 0.457 e. The van der Waals surface area contributed by atoms with E-state index in [0.29, 0.717) is 16.5 Å². The molecule has 0 unspecified atom stereocenters. The molecule has 55 heavy (non-hydrogen) atoms. The molecule has 1 aliphatic rings. The summed E-state index contributed by atoms with van der Waals surface area (Å²) in [5.74, 6) is 0.928. The maximum Gasteiger partial charge on any atom is 0.409 e. The Labute approximate surface area is 346 Å². The lowest BCUT2D eigenvalue weighted by atomic mass is 9.98. The minimum absolute atomic E-state index is 0.0834. The lowest BCUT2D eigenvalue weighted by molar-refractivity contribution is 0.167. The van der Waals surface area contributed by atoms with Crippen LogP contribution in [0, 0.1) is 0 Å². The smallest absolute Gasteiger partial charge is 0.409 e. The number of carbonyl (C=O) groups is 5. The molecule has 0 atom stereocenters. The number of methoxy groups -OCH3 is 1. The quantitative estimate of drug-likeness (QED) is 0.120. The first kappa shape index (κ1) is 46.3. The van der Waals surface area contributed by atoms with Crippen LogP contribution < -0.4 is 9.47 Å². The van der Waals surface area contributed by atoms with Crippen molar-refractivity contribution in [1.29, 1.82) is 0 Å². The van der Waals surface area contributed by atoms with E-state index in [9.17, 15) is 24.0 Å². The molecule has 0 fully saturated rings. The van der Waals surface area contributed by atoms with Gasteiger partial charge in [0.05, 0.1) is 7.11 Å². The lowest BCUT2D eigenvalue weighted by Gasteiger charge is -2.12. The van der Waals surface area contributed by atoms with Gasteiger partial charge in [0.25, 0.3) is 0 Å². The predicted molar refractivity (Wildman–Crippen MR) is 213 cm³/mol. The van der Waals surface area contributed by atoms with Gasteiger partial charge in [-0.15, -0.1) is 0 Å². The summed E-state index contributed by atoms with van der Waals surface area (Å²) in [4.78, 5) is 50.6. The fourth-order valence-electron chi connectivity index (χ4n) is 4.48. The van der Waals surface area contributed by atoms with E-state index >= 15 is 0 Å². The van der Waals surface area contributed by atoms with Gasteiger partial charge >= 0.3 is 27.1 Å². The summed E-state index contributed by atoms with van der Waals surface area (Å²) in [6.45, 7) is 0.527. The SMILES string of the molecule is COC(=O)Cl.O=C(Cl)OCC1c2ccccc2-c2ccccc21.O=C(Cl)OCc1ccccc1.O=C(Cl)Oc1ccc(Cl)cc1.O=C(Cl)Oc1ccccc1. The van der Waals surface area contributed by atoms with Crippen LogP contribution in [0.5, 0.6) is 11.5 Å². The van der Waals surface area contributed by atoms with Gasteiger partial charge in [0, 0.05) is 68.9 Å². The van der Waals surface area contributed by atoms with E-state index in [-0.39, 0.29) is 19.1 Å². The molecule has 288 valence electrons. The van der Waals surface area contributed by atoms with Gasteiger partial charge in [-0.2, -0.15) is 0 Å². The molecular formula is C39H30Cl6O10. The molecule has 1 aliphatic carbocycles. The zero-order valence-corrected chi connectivity index (χ0v) is 33.1. The van der Waals surface area contributed by atoms with Gasteiger partial charge in [0.15, 0.2) is 0 Å². The molecule has 0 spiro atoms. The molecule has 0 N–H and O–H groups in total. The van der Waals surface area contributed by atoms with Gasteiger partial charge in [-0.25, -0.2) is 24.0 Å². The zero-order valence-electron chi connectivity index (χ0n) is 28.5. The van der Waals surface area contributed by atoms with Gasteiger partial charge in [0.1, 0.15) is 24.7 Å². The number of halogens is 6. The van der Waals surface area contributed by atoms with Crippen LogP contribution >= 0.6 is 69.6 Å².